The zero-order valence-corrected chi connectivity index (χ0v) is 13.9. The van der Waals surface area contributed by atoms with E-state index in [-0.39, 0.29) is 6.54 Å². The van der Waals surface area contributed by atoms with Crippen LogP contribution >= 0.6 is 0 Å². The van der Waals surface area contributed by atoms with Gasteiger partial charge in [0.15, 0.2) is 0 Å². The summed E-state index contributed by atoms with van der Waals surface area (Å²) in [5.41, 5.74) is 5.90. The Kier molecular flexibility index (Phi) is 24.3. The average molecular weight is 306 g/mol. The van der Waals surface area contributed by atoms with Crippen molar-refractivity contribution >= 4 is 0 Å². The first-order chi connectivity index (χ1) is 10.2. The maximum absolute atomic E-state index is 9.30. The van der Waals surface area contributed by atoms with Gasteiger partial charge in [0.2, 0.25) is 6.29 Å². The Labute approximate surface area is 130 Å². The third-order valence-electron chi connectivity index (χ3n) is 3.36. The summed E-state index contributed by atoms with van der Waals surface area (Å²) in [6.07, 6.45) is 15.4. The van der Waals surface area contributed by atoms with E-state index >= 15 is 0 Å². The van der Waals surface area contributed by atoms with Gasteiger partial charge >= 0.3 is 0 Å². The Morgan fingerprint density at radius 1 is 0.810 bits per heavy atom. The second kappa shape index (κ2) is 22.1. The zero-order valence-electron chi connectivity index (χ0n) is 13.9. The Bertz CT molecular complexity index is 158. The molecule has 5 nitrogen and oxygen atoms in total. The fraction of sp³-hybridized carbons (Fsp3) is 1.00. The number of nitrogens with two attached hydrogens (primary N) is 2. The van der Waals surface area contributed by atoms with E-state index in [1.165, 1.54) is 77.0 Å². The van der Waals surface area contributed by atoms with E-state index in [0.717, 1.165) is 6.54 Å². The molecule has 5 heteroatoms. The number of hydroxylamine groups is 1. The lowest BCUT2D eigenvalue weighted by molar-refractivity contribution is -0.604. The first kappa shape index (κ1) is 23.1. The number of aliphatic hydroxyl groups excluding tert-OH is 1. The minimum Gasteiger partial charge on any atom is -0.636 e. The minimum atomic E-state index is -1.47. The van der Waals surface area contributed by atoms with Crippen molar-refractivity contribution in [1.29, 1.82) is 0 Å². The molecule has 6 N–H and O–H groups in total. The average Bonchev–Trinajstić information content (AvgIpc) is 2.45. The molecule has 0 saturated heterocycles. The molecule has 0 rings (SSSR count). The molecule has 0 fully saturated rings. The summed E-state index contributed by atoms with van der Waals surface area (Å²) in [5, 5.41) is 25.0. The largest absolute Gasteiger partial charge is 0.636 e. The lowest BCUT2D eigenvalue weighted by Gasteiger charge is -2.01. The van der Waals surface area contributed by atoms with Crippen molar-refractivity contribution in [3.05, 3.63) is 5.21 Å². The molecule has 0 aliphatic carbocycles. The molecule has 0 spiro atoms. The second-order valence-corrected chi connectivity index (χ2v) is 5.56. The van der Waals surface area contributed by atoms with Gasteiger partial charge in [-0.3, -0.25) is 0 Å². The van der Waals surface area contributed by atoms with Crippen LogP contribution < -0.4 is 11.2 Å². The Hall–Kier alpha value is -0.200. The monoisotopic (exact) mass is 306 g/mol. The van der Waals surface area contributed by atoms with E-state index in [0.29, 0.717) is 5.48 Å². The van der Waals surface area contributed by atoms with E-state index in [2.05, 4.69) is 6.92 Å². The molecule has 0 aliphatic heterocycles. The van der Waals surface area contributed by atoms with E-state index in [4.69, 9.17) is 15.9 Å². The molecule has 0 heterocycles. The fourth-order valence-electron chi connectivity index (χ4n) is 2.07. The molecule has 21 heavy (non-hydrogen) atoms. The second-order valence-electron chi connectivity index (χ2n) is 5.56. The third-order valence-corrected chi connectivity index (χ3v) is 3.36. The Morgan fingerprint density at radius 3 is 1.43 bits per heavy atom. The highest BCUT2D eigenvalue weighted by Gasteiger charge is 1.92. The van der Waals surface area contributed by atoms with Gasteiger partial charge in [-0.1, -0.05) is 77.6 Å². The van der Waals surface area contributed by atoms with Crippen LogP contribution in [0.5, 0.6) is 0 Å². The molecule has 0 aromatic rings. The zero-order chi connectivity index (χ0) is 16.2. The van der Waals surface area contributed by atoms with Crippen LogP contribution in [0.4, 0.5) is 0 Å². The Balaban J connectivity index is 0. The molecule has 0 aromatic heterocycles. The van der Waals surface area contributed by atoms with Crippen molar-refractivity contribution in [3.63, 3.8) is 0 Å². The Morgan fingerprint density at radius 2 is 1.19 bits per heavy atom. The van der Waals surface area contributed by atoms with Gasteiger partial charge in [0.05, 0.1) is 0 Å². The van der Waals surface area contributed by atoms with Gasteiger partial charge in [-0.15, -0.1) is 0 Å². The molecular formula is C16H38N2O3. The van der Waals surface area contributed by atoms with Crippen LogP contribution in [0.1, 0.15) is 84.0 Å². The third kappa shape index (κ3) is 28.6. The highest BCUT2D eigenvalue weighted by molar-refractivity contribution is 4.48. The molecule has 130 valence electrons. The highest BCUT2D eigenvalue weighted by Crippen LogP contribution is 2.11. The predicted octanol–water partition coefficient (Wildman–Crippen LogP) is 2.00. The first-order valence-electron chi connectivity index (χ1n) is 8.68. The van der Waals surface area contributed by atoms with Gasteiger partial charge < -0.3 is 26.6 Å². The first-order valence-corrected chi connectivity index (χ1v) is 8.68. The van der Waals surface area contributed by atoms with Crippen LogP contribution in [-0.4, -0.2) is 29.6 Å². The number of aliphatic hydroxyl groups is 2. The minimum absolute atomic E-state index is 0.194. The van der Waals surface area contributed by atoms with E-state index in [1.54, 1.807) is 0 Å². The number of rotatable bonds is 14. The molecule has 0 amide bonds. The fourth-order valence-corrected chi connectivity index (χ4v) is 2.07. The summed E-state index contributed by atoms with van der Waals surface area (Å²) in [4.78, 5) is 0. The number of hydrogen-bond acceptors (Lipinski definition) is 4. The van der Waals surface area contributed by atoms with Crippen LogP contribution in [0.2, 0.25) is 0 Å². The van der Waals surface area contributed by atoms with Crippen molar-refractivity contribution in [2.45, 2.75) is 90.3 Å². The SMILES string of the molecule is CCCCCCCCCCCCCCN.[O-][NH2+]CC(O)O. The summed E-state index contributed by atoms with van der Waals surface area (Å²) < 4.78 is 0. The van der Waals surface area contributed by atoms with Crippen molar-refractivity contribution in [2.24, 2.45) is 5.73 Å². The van der Waals surface area contributed by atoms with Gasteiger partial charge in [0.1, 0.15) is 6.54 Å². The van der Waals surface area contributed by atoms with Crippen LogP contribution in [0.15, 0.2) is 0 Å². The van der Waals surface area contributed by atoms with Gasteiger partial charge in [0.25, 0.3) is 0 Å². The number of unbranched alkanes of at least 4 members (excludes halogenated alkanes) is 11. The maximum atomic E-state index is 9.30. The summed E-state index contributed by atoms with van der Waals surface area (Å²) in [6, 6.07) is 0. The van der Waals surface area contributed by atoms with Crippen LogP contribution in [0.3, 0.4) is 0 Å². The molecule has 0 aliphatic rings. The topological polar surface area (TPSA) is 106 Å². The van der Waals surface area contributed by atoms with Crippen molar-refractivity contribution in [3.8, 4) is 0 Å². The van der Waals surface area contributed by atoms with Crippen LogP contribution in [0.25, 0.3) is 0 Å². The molecule has 0 radical (unpaired) electrons. The summed E-state index contributed by atoms with van der Waals surface area (Å²) in [7, 11) is 0. The van der Waals surface area contributed by atoms with E-state index in [9.17, 15) is 5.21 Å². The molecule has 0 saturated carbocycles. The van der Waals surface area contributed by atoms with Gasteiger partial charge in [-0.25, -0.2) is 0 Å². The standard InChI is InChI=1S/C14H31N.C2H7NO3/c1-2-3-4-5-6-7-8-9-10-11-12-13-14-15;4-2(5)1-3-6/h2-15H2,1H3;2,4-5H,1,3H2. The quantitative estimate of drug-likeness (QED) is 0.224. The molecule has 0 aromatic carbocycles. The van der Waals surface area contributed by atoms with Crippen molar-refractivity contribution < 1.29 is 15.7 Å². The molecule has 0 bridgehead atoms. The lowest BCUT2D eigenvalue weighted by Crippen LogP contribution is -2.79. The summed E-state index contributed by atoms with van der Waals surface area (Å²) in [6.45, 7) is 2.96. The van der Waals surface area contributed by atoms with Crippen LogP contribution in [0, 0.1) is 5.21 Å². The molecule has 0 unspecified atom stereocenters. The van der Waals surface area contributed by atoms with Gasteiger partial charge in [0, 0.05) is 0 Å². The van der Waals surface area contributed by atoms with Gasteiger partial charge in [-0.05, 0) is 13.0 Å². The molecule has 0 atom stereocenters. The summed E-state index contributed by atoms with van der Waals surface area (Å²) >= 11 is 0. The molecular weight excluding hydrogens is 268 g/mol. The van der Waals surface area contributed by atoms with Crippen molar-refractivity contribution in [1.82, 2.24) is 0 Å². The smallest absolute Gasteiger partial charge is 0.202 e. The predicted molar refractivity (Wildman–Crippen MR) is 88.5 cm³/mol. The maximum Gasteiger partial charge on any atom is 0.202 e. The number of quaternary nitrogens is 1. The van der Waals surface area contributed by atoms with Gasteiger partial charge in [-0.2, -0.15) is 0 Å². The normalized spacial score (nSPS) is 10.6. The van der Waals surface area contributed by atoms with E-state index in [1.807, 2.05) is 0 Å². The van der Waals surface area contributed by atoms with E-state index < -0.39 is 6.29 Å². The van der Waals surface area contributed by atoms with Crippen LogP contribution in [-0.2, 0) is 0 Å². The van der Waals surface area contributed by atoms with Crippen molar-refractivity contribution in [2.75, 3.05) is 13.1 Å². The highest BCUT2D eigenvalue weighted by atomic mass is 16.5. The lowest BCUT2D eigenvalue weighted by atomic mass is 10.1. The number of hydrogen-bond donors (Lipinski definition) is 4. The summed E-state index contributed by atoms with van der Waals surface area (Å²) in [5.74, 6) is 0.